The Bertz CT molecular complexity index is 1060. The summed E-state index contributed by atoms with van der Waals surface area (Å²) in [5.41, 5.74) is 3.88. The van der Waals surface area contributed by atoms with E-state index in [9.17, 15) is 10.1 Å². The topological polar surface area (TPSA) is 65.8 Å². The first-order valence-electron chi connectivity index (χ1n) is 10.2. The van der Waals surface area contributed by atoms with Crippen LogP contribution in [0.25, 0.3) is 0 Å². The molecule has 0 saturated carbocycles. The number of methoxy groups -OCH3 is 2. The molecule has 0 aromatic heterocycles. The van der Waals surface area contributed by atoms with Gasteiger partial charge in [0.25, 0.3) is 0 Å². The average Bonchev–Trinajstić information content (AvgIpc) is 2.83. The number of benzene rings is 2. The maximum Gasteiger partial charge on any atom is 0.229 e. The lowest BCUT2D eigenvalue weighted by molar-refractivity contribution is -0.129. The number of rotatable bonds is 5. The highest BCUT2D eigenvalue weighted by atomic mass is 32.2. The van der Waals surface area contributed by atoms with Crippen molar-refractivity contribution in [3.8, 4) is 17.6 Å². The molecule has 1 fully saturated rings. The maximum atomic E-state index is 13.1. The van der Waals surface area contributed by atoms with Crippen molar-refractivity contribution in [1.29, 1.82) is 5.26 Å². The van der Waals surface area contributed by atoms with Crippen LogP contribution in [0.1, 0.15) is 30.4 Å². The van der Waals surface area contributed by atoms with Gasteiger partial charge in [-0.2, -0.15) is 5.26 Å². The second-order valence-corrected chi connectivity index (χ2v) is 8.43. The molecule has 4 rings (SSSR count). The summed E-state index contributed by atoms with van der Waals surface area (Å²) in [5, 5.41) is 10.8. The van der Waals surface area contributed by atoms with E-state index in [4.69, 9.17) is 9.47 Å². The van der Waals surface area contributed by atoms with Gasteiger partial charge in [0.05, 0.1) is 43.4 Å². The van der Waals surface area contributed by atoms with Gasteiger partial charge in [0.2, 0.25) is 5.91 Å². The summed E-state index contributed by atoms with van der Waals surface area (Å²) in [6, 6.07) is 16.4. The molecule has 6 nitrogen and oxygen atoms in total. The standard InChI is InChI=1S/C24H25N3O3S/c1-4-16-5-8-18(9-6-16)26-14-27-23(28)12-19(20(13-25)24(27)31-15-26)17-7-10-21(29-2)22(11-17)30-3/h5-11,19H,4,12,14-15H2,1-3H3/t19-/m1/s1. The van der Waals surface area contributed by atoms with Crippen LogP contribution in [0.4, 0.5) is 5.69 Å². The predicted octanol–water partition coefficient (Wildman–Crippen LogP) is 4.49. The second-order valence-electron chi connectivity index (χ2n) is 7.50. The lowest BCUT2D eigenvalue weighted by atomic mass is 9.86. The fraction of sp³-hybridized carbons (Fsp3) is 0.333. The summed E-state index contributed by atoms with van der Waals surface area (Å²) in [6.45, 7) is 2.59. The highest BCUT2D eigenvalue weighted by molar-refractivity contribution is 8.03. The van der Waals surface area contributed by atoms with Crippen molar-refractivity contribution in [3.05, 3.63) is 64.2 Å². The van der Waals surface area contributed by atoms with Gasteiger partial charge >= 0.3 is 0 Å². The highest BCUT2D eigenvalue weighted by Gasteiger charge is 2.38. The Morgan fingerprint density at radius 1 is 1.13 bits per heavy atom. The van der Waals surface area contributed by atoms with Crippen molar-refractivity contribution < 1.29 is 14.3 Å². The Morgan fingerprint density at radius 2 is 1.87 bits per heavy atom. The van der Waals surface area contributed by atoms with E-state index >= 15 is 0 Å². The number of hydrogen-bond donors (Lipinski definition) is 0. The van der Waals surface area contributed by atoms with Gasteiger partial charge in [-0.05, 0) is 41.8 Å². The van der Waals surface area contributed by atoms with E-state index in [1.54, 1.807) is 30.9 Å². The van der Waals surface area contributed by atoms with E-state index in [0.717, 1.165) is 22.7 Å². The number of ether oxygens (including phenoxy) is 2. The van der Waals surface area contributed by atoms with Crippen LogP contribution in [-0.2, 0) is 11.2 Å². The van der Waals surface area contributed by atoms with Gasteiger partial charge in [0.15, 0.2) is 11.5 Å². The number of nitriles is 1. The molecule has 0 radical (unpaired) electrons. The van der Waals surface area contributed by atoms with Gasteiger partial charge in [0, 0.05) is 18.0 Å². The number of carbonyl (C=O) groups excluding carboxylic acids is 1. The minimum absolute atomic E-state index is 0.0242. The molecule has 0 spiro atoms. The Labute approximate surface area is 187 Å². The van der Waals surface area contributed by atoms with Crippen LogP contribution in [-0.4, -0.2) is 37.6 Å². The number of amides is 1. The Morgan fingerprint density at radius 3 is 2.52 bits per heavy atom. The van der Waals surface area contributed by atoms with Crippen LogP contribution >= 0.6 is 11.8 Å². The molecule has 31 heavy (non-hydrogen) atoms. The van der Waals surface area contributed by atoms with E-state index in [0.29, 0.717) is 29.6 Å². The van der Waals surface area contributed by atoms with E-state index in [2.05, 4.69) is 42.2 Å². The van der Waals surface area contributed by atoms with E-state index in [1.165, 1.54) is 5.56 Å². The second kappa shape index (κ2) is 8.94. The Kier molecular flexibility index (Phi) is 6.10. The molecular formula is C24H25N3O3S. The summed E-state index contributed by atoms with van der Waals surface area (Å²) >= 11 is 1.54. The van der Waals surface area contributed by atoms with Crippen molar-refractivity contribution in [2.75, 3.05) is 31.7 Å². The van der Waals surface area contributed by atoms with Gasteiger partial charge in [0.1, 0.15) is 0 Å². The number of aryl methyl sites for hydroxylation is 1. The van der Waals surface area contributed by atoms with Gasteiger partial charge in [-0.25, -0.2) is 0 Å². The summed E-state index contributed by atoms with van der Waals surface area (Å²) in [4.78, 5) is 17.0. The van der Waals surface area contributed by atoms with Gasteiger partial charge in [-0.3, -0.25) is 9.69 Å². The van der Waals surface area contributed by atoms with Crippen LogP contribution in [0.3, 0.4) is 0 Å². The zero-order valence-corrected chi connectivity index (χ0v) is 18.7. The molecular weight excluding hydrogens is 410 g/mol. The molecule has 2 aromatic carbocycles. The van der Waals surface area contributed by atoms with Crippen LogP contribution in [0.2, 0.25) is 0 Å². The number of fused-ring (bicyclic) bond motifs is 1. The van der Waals surface area contributed by atoms with E-state index in [1.807, 2.05) is 18.2 Å². The van der Waals surface area contributed by atoms with Crippen LogP contribution in [0, 0.1) is 11.3 Å². The zero-order chi connectivity index (χ0) is 22.0. The van der Waals surface area contributed by atoms with Gasteiger partial charge < -0.3 is 14.4 Å². The molecule has 2 heterocycles. The summed E-state index contributed by atoms with van der Waals surface area (Å²) < 4.78 is 10.7. The SMILES string of the molecule is CCc1ccc(N2CSC3=C(C#N)[C@@H](c4ccc(OC)c(OC)c4)CC(=O)N3C2)cc1. The number of nitrogens with zero attached hydrogens (tertiary/aromatic N) is 3. The number of thioether (sulfide) groups is 1. The van der Waals surface area contributed by atoms with Crippen molar-refractivity contribution in [1.82, 2.24) is 4.90 Å². The molecule has 0 aliphatic carbocycles. The molecule has 2 aliphatic heterocycles. The smallest absolute Gasteiger partial charge is 0.229 e. The lowest BCUT2D eigenvalue weighted by Crippen LogP contribution is -2.47. The third kappa shape index (κ3) is 3.96. The predicted molar refractivity (Wildman–Crippen MR) is 122 cm³/mol. The fourth-order valence-electron chi connectivity index (χ4n) is 4.02. The normalized spacial score (nSPS) is 18.5. The molecule has 2 aliphatic rings. The summed E-state index contributed by atoms with van der Waals surface area (Å²) in [6.07, 6.45) is 1.25. The van der Waals surface area contributed by atoms with Crippen molar-refractivity contribution in [2.24, 2.45) is 0 Å². The van der Waals surface area contributed by atoms with E-state index < -0.39 is 0 Å². The lowest BCUT2D eigenvalue weighted by Gasteiger charge is -2.42. The number of hydrogen-bond acceptors (Lipinski definition) is 6. The largest absolute Gasteiger partial charge is 0.493 e. The van der Waals surface area contributed by atoms with Crippen LogP contribution in [0.5, 0.6) is 11.5 Å². The first kappa shape index (κ1) is 21.1. The summed E-state index contributed by atoms with van der Waals surface area (Å²) in [7, 11) is 3.17. The first-order chi connectivity index (χ1) is 15.1. The molecule has 1 amide bonds. The molecule has 1 atom stereocenters. The zero-order valence-electron chi connectivity index (χ0n) is 17.9. The first-order valence-corrected chi connectivity index (χ1v) is 11.2. The number of allylic oxidation sites excluding steroid dienone is 1. The molecule has 1 saturated heterocycles. The average molecular weight is 436 g/mol. The van der Waals surface area contributed by atoms with Gasteiger partial charge in [-0.15, -0.1) is 0 Å². The van der Waals surface area contributed by atoms with E-state index in [-0.39, 0.29) is 18.2 Å². The van der Waals surface area contributed by atoms with Crippen molar-refractivity contribution in [3.63, 3.8) is 0 Å². The Hall–Kier alpha value is -3.11. The minimum Gasteiger partial charge on any atom is -0.493 e. The Balaban J connectivity index is 1.64. The maximum absolute atomic E-state index is 13.1. The summed E-state index contributed by atoms with van der Waals surface area (Å²) in [5.74, 6) is 1.64. The molecule has 0 bridgehead atoms. The number of anilines is 1. The van der Waals surface area contributed by atoms with Crippen molar-refractivity contribution >= 4 is 23.4 Å². The molecule has 160 valence electrons. The van der Waals surface area contributed by atoms with Gasteiger partial charge in [-0.1, -0.05) is 36.9 Å². The monoisotopic (exact) mass is 435 g/mol. The van der Waals surface area contributed by atoms with Crippen molar-refractivity contribution in [2.45, 2.75) is 25.7 Å². The van der Waals surface area contributed by atoms with Crippen LogP contribution < -0.4 is 14.4 Å². The number of carbonyl (C=O) groups is 1. The molecule has 7 heteroatoms. The third-order valence-electron chi connectivity index (χ3n) is 5.81. The van der Waals surface area contributed by atoms with Crippen LogP contribution in [0.15, 0.2) is 53.1 Å². The molecule has 0 unspecified atom stereocenters. The minimum atomic E-state index is -0.286. The molecule has 0 N–H and O–H groups in total. The fourth-order valence-corrected chi connectivity index (χ4v) is 5.19. The quantitative estimate of drug-likeness (QED) is 0.690. The molecule has 2 aromatic rings. The highest BCUT2D eigenvalue weighted by Crippen LogP contribution is 2.44. The third-order valence-corrected chi connectivity index (χ3v) is 6.97.